The van der Waals surface area contributed by atoms with Gasteiger partial charge in [-0.05, 0) is 17.7 Å². The average Bonchev–Trinajstić information content (AvgIpc) is 2.43. The monoisotopic (exact) mass is 270 g/mol. The SMILES string of the molecule is O=C(NC(CO)CO)OCc1ccc([N+](=O)[O-])cc1. The Morgan fingerprint density at radius 2 is 1.89 bits per heavy atom. The fourth-order valence-corrected chi connectivity index (χ4v) is 1.22. The standard InChI is InChI=1S/C11H14N2O6/c14-5-9(6-15)12-11(16)19-7-8-1-3-10(4-2-8)13(17)18/h1-4,9,14-15H,5-7H2,(H,12,16). The summed E-state index contributed by atoms with van der Waals surface area (Å²) in [6.45, 7) is -0.861. The molecule has 1 aromatic carbocycles. The Kier molecular flexibility index (Phi) is 5.71. The van der Waals surface area contributed by atoms with Gasteiger partial charge in [0, 0.05) is 12.1 Å². The van der Waals surface area contributed by atoms with Gasteiger partial charge in [0.25, 0.3) is 5.69 Å². The van der Waals surface area contributed by atoms with Crippen molar-refractivity contribution in [2.75, 3.05) is 13.2 Å². The number of hydrogen-bond acceptors (Lipinski definition) is 6. The number of nitro benzene ring substituents is 1. The average molecular weight is 270 g/mol. The molecule has 1 amide bonds. The summed E-state index contributed by atoms with van der Waals surface area (Å²) in [5.41, 5.74) is 0.541. The highest BCUT2D eigenvalue weighted by atomic mass is 16.6. The zero-order valence-electron chi connectivity index (χ0n) is 9.98. The van der Waals surface area contributed by atoms with E-state index < -0.39 is 30.3 Å². The number of ether oxygens (including phenoxy) is 1. The van der Waals surface area contributed by atoms with Crippen molar-refractivity contribution >= 4 is 11.8 Å². The third kappa shape index (κ3) is 4.90. The number of carbonyl (C=O) groups excluding carboxylic acids is 1. The maximum atomic E-state index is 11.3. The molecule has 0 bridgehead atoms. The molecule has 8 nitrogen and oxygen atoms in total. The zero-order valence-corrected chi connectivity index (χ0v) is 9.98. The number of aliphatic hydroxyl groups excluding tert-OH is 2. The van der Waals surface area contributed by atoms with Gasteiger partial charge < -0.3 is 20.3 Å². The number of benzene rings is 1. The summed E-state index contributed by atoms with van der Waals surface area (Å²) in [5, 5.41) is 30.2. The number of amides is 1. The maximum absolute atomic E-state index is 11.3. The summed E-state index contributed by atoms with van der Waals surface area (Å²) >= 11 is 0. The van der Waals surface area contributed by atoms with Crippen LogP contribution in [-0.2, 0) is 11.3 Å². The van der Waals surface area contributed by atoms with Crippen LogP contribution in [0.2, 0.25) is 0 Å². The van der Waals surface area contributed by atoms with Crippen LogP contribution in [0.25, 0.3) is 0 Å². The maximum Gasteiger partial charge on any atom is 0.407 e. The summed E-state index contributed by atoms with van der Waals surface area (Å²) in [7, 11) is 0. The van der Waals surface area contributed by atoms with Crippen LogP contribution in [0, 0.1) is 10.1 Å². The molecule has 1 rings (SSSR count). The van der Waals surface area contributed by atoms with Crippen LogP contribution in [0.5, 0.6) is 0 Å². The van der Waals surface area contributed by atoms with Gasteiger partial charge >= 0.3 is 6.09 Å². The first kappa shape index (κ1) is 14.9. The topological polar surface area (TPSA) is 122 Å². The lowest BCUT2D eigenvalue weighted by molar-refractivity contribution is -0.384. The molecule has 0 saturated heterocycles. The van der Waals surface area contributed by atoms with E-state index in [2.05, 4.69) is 5.32 Å². The second kappa shape index (κ2) is 7.29. The molecule has 0 atom stereocenters. The minimum absolute atomic E-state index is 0.0474. The lowest BCUT2D eigenvalue weighted by atomic mass is 10.2. The number of non-ortho nitro benzene ring substituents is 1. The molecule has 0 saturated carbocycles. The largest absolute Gasteiger partial charge is 0.445 e. The second-order valence-corrected chi connectivity index (χ2v) is 3.71. The van der Waals surface area contributed by atoms with Crippen molar-refractivity contribution in [2.45, 2.75) is 12.6 Å². The van der Waals surface area contributed by atoms with Crippen molar-refractivity contribution in [3.05, 3.63) is 39.9 Å². The number of nitrogens with zero attached hydrogens (tertiary/aromatic N) is 1. The predicted molar refractivity (Wildman–Crippen MR) is 64.4 cm³/mol. The number of rotatable bonds is 6. The molecule has 0 aromatic heterocycles. The van der Waals surface area contributed by atoms with E-state index in [9.17, 15) is 14.9 Å². The third-order valence-corrected chi connectivity index (χ3v) is 2.28. The van der Waals surface area contributed by atoms with Crippen molar-refractivity contribution in [3.8, 4) is 0 Å². The number of hydrogen-bond donors (Lipinski definition) is 3. The summed E-state index contributed by atoms with van der Waals surface area (Å²) in [5.74, 6) is 0. The van der Waals surface area contributed by atoms with Crippen molar-refractivity contribution in [3.63, 3.8) is 0 Å². The quantitative estimate of drug-likeness (QED) is 0.500. The Morgan fingerprint density at radius 3 is 2.37 bits per heavy atom. The van der Waals surface area contributed by atoms with Gasteiger partial charge in [0.1, 0.15) is 6.61 Å². The van der Waals surface area contributed by atoms with Crippen molar-refractivity contribution in [2.24, 2.45) is 0 Å². The molecule has 104 valence electrons. The minimum atomic E-state index is -0.786. The number of carbonyl (C=O) groups is 1. The van der Waals surface area contributed by atoms with Crippen LogP contribution in [0.3, 0.4) is 0 Å². The molecule has 0 aliphatic carbocycles. The molecule has 0 radical (unpaired) electrons. The molecule has 1 aromatic rings. The zero-order chi connectivity index (χ0) is 14.3. The molecule has 0 aliphatic heterocycles. The predicted octanol–water partition coefficient (Wildman–Crippen LogP) is 0.174. The Hall–Kier alpha value is -2.19. The van der Waals surface area contributed by atoms with E-state index in [-0.39, 0.29) is 12.3 Å². The van der Waals surface area contributed by atoms with E-state index in [1.165, 1.54) is 24.3 Å². The van der Waals surface area contributed by atoms with Crippen LogP contribution >= 0.6 is 0 Å². The van der Waals surface area contributed by atoms with E-state index in [0.717, 1.165) is 0 Å². The number of nitrogens with one attached hydrogen (secondary N) is 1. The lowest BCUT2D eigenvalue weighted by Crippen LogP contribution is -2.40. The van der Waals surface area contributed by atoms with E-state index in [4.69, 9.17) is 14.9 Å². The summed E-state index contributed by atoms with van der Waals surface area (Å²) in [6, 6.07) is 4.79. The summed E-state index contributed by atoms with van der Waals surface area (Å²) in [4.78, 5) is 21.2. The first-order chi connectivity index (χ1) is 9.06. The Labute approximate surface area is 108 Å². The first-order valence-corrected chi connectivity index (χ1v) is 5.45. The molecular formula is C11H14N2O6. The summed E-state index contributed by atoms with van der Waals surface area (Å²) < 4.78 is 4.82. The molecule has 8 heteroatoms. The van der Waals surface area contributed by atoms with Gasteiger partial charge in [0.2, 0.25) is 0 Å². The fraction of sp³-hybridized carbons (Fsp3) is 0.364. The van der Waals surface area contributed by atoms with Gasteiger partial charge in [-0.3, -0.25) is 10.1 Å². The fourth-order valence-electron chi connectivity index (χ4n) is 1.22. The van der Waals surface area contributed by atoms with Crippen LogP contribution < -0.4 is 5.32 Å². The van der Waals surface area contributed by atoms with E-state index >= 15 is 0 Å². The number of aliphatic hydroxyl groups is 2. The molecule has 3 N–H and O–H groups in total. The van der Waals surface area contributed by atoms with Gasteiger partial charge in [0.05, 0.1) is 24.2 Å². The molecule has 0 spiro atoms. The Bertz CT molecular complexity index is 429. The van der Waals surface area contributed by atoms with Crippen molar-refractivity contribution in [1.29, 1.82) is 0 Å². The Balaban J connectivity index is 2.43. The van der Waals surface area contributed by atoms with Crippen LogP contribution in [0.4, 0.5) is 10.5 Å². The molecule has 19 heavy (non-hydrogen) atoms. The van der Waals surface area contributed by atoms with E-state index in [1.807, 2.05) is 0 Å². The van der Waals surface area contributed by atoms with Crippen LogP contribution in [0.1, 0.15) is 5.56 Å². The molecule has 0 fully saturated rings. The van der Waals surface area contributed by atoms with Gasteiger partial charge in [-0.2, -0.15) is 0 Å². The Morgan fingerprint density at radius 1 is 1.32 bits per heavy atom. The van der Waals surface area contributed by atoms with Gasteiger partial charge in [-0.15, -0.1) is 0 Å². The lowest BCUT2D eigenvalue weighted by Gasteiger charge is -2.13. The van der Waals surface area contributed by atoms with Crippen molar-refractivity contribution < 1.29 is 24.7 Å². The smallest absolute Gasteiger partial charge is 0.407 e. The van der Waals surface area contributed by atoms with Crippen LogP contribution in [0.15, 0.2) is 24.3 Å². The number of nitro groups is 1. The molecule has 0 aliphatic rings. The molecule has 0 heterocycles. The van der Waals surface area contributed by atoms with Crippen molar-refractivity contribution in [1.82, 2.24) is 5.32 Å². The normalized spacial score (nSPS) is 10.3. The summed E-state index contributed by atoms with van der Waals surface area (Å²) in [6.07, 6.45) is -0.786. The van der Waals surface area contributed by atoms with Crippen LogP contribution in [-0.4, -0.2) is 40.5 Å². The van der Waals surface area contributed by atoms with Gasteiger partial charge in [0.15, 0.2) is 0 Å². The van der Waals surface area contributed by atoms with E-state index in [0.29, 0.717) is 5.56 Å². The van der Waals surface area contributed by atoms with Gasteiger partial charge in [-0.25, -0.2) is 4.79 Å². The highest BCUT2D eigenvalue weighted by Crippen LogP contribution is 2.12. The van der Waals surface area contributed by atoms with Gasteiger partial charge in [-0.1, -0.05) is 0 Å². The first-order valence-electron chi connectivity index (χ1n) is 5.45. The molecular weight excluding hydrogens is 256 g/mol. The minimum Gasteiger partial charge on any atom is -0.445 e. The highest BCUT2D eigenvalue weighted by Gasteiger charge is 2.11. The third-order valence-electron chi connectivity index (χ3n) is 2.28. The highest BCUT2D eigenvalue weighted by molar-refractivity contribution is 5.67. The van der Waals surface area contributed by atoms with E-state index in [1.54, 1.807) is 0 Å². The molecule has 0 unspecified atom stereocenters. The second-order valence-electron chi connectivity index (χ2n) is 3.71. The number of alkyl carbamates (subject to hydrolysis) is 1.